The molecule has 0 saturated carbocycles. The molecule has 4 atom stereocenters. The van der Waals surface area contributed by atoms with Gasteiger partial charge in [-0.1, -0.05) is 18.2 Å². The molecule has 1 aromatic carbocycles. The molecule has 15 heteroatoms. The molecule has 0 spiro atoms. The molecule has 2 aliphatic rings. The molecule has 0 aliphatic carbocycles. The van der Waals surface area contributed by atoms with Crippen molar-refractivity contribution in [1.82, 2.24) is 25.4 Å². The Labute approximate surface area is 247 Å². The summed E-state index contributed by atoms with van der Waals surface area (Å²) in [6.45, 7) is 1.81. The second kappa shape index (κ2) is 13.6. The Morgan fingerprint density at radius 2 is 1.90 bits per heavy atom. The second-order valence-corrected chi connectivity index (χ2v) is 11.7. The lowest BCUT2D eigenvalue weighted by molar-refractivity contribution is -0.153. The molecule has 9 N–H and O–H groups in total. The first-order valence-corrected chi connectivity index (χ1v) is 14.8. The highest BCUT2D eigenvalue weighted by atomic mass is 32.2. The molecule has 5 amide bonds. The third-order valence-corrected chi connectivity index (χ3v) is 8.58. The lowest BCUT2D eigenvalue weighted by Gasteiger charge is -2.46. The number of H-pyrrole nitrogens is 1. The maximum Gasteiger partial charge on any atom is 0.245 e. The predicted octanol–water partition coefficient (Wildman–Crippen LogP) is -1.26. The van der Waals surface area contributed by atoms with Gasteiger partial charge >= 0.3 is 0 Å². The minimum absolute atomic E-state index is 0.0714. The number of hydrogen-bond acceptors (Lipinski definition) is 7. The predicted molar refractivity (Wildman–Crippen MR) is 159 cm³/mol. The summed E-state index contributed by atoms with van der Waals surface area (Å²) in [6, 6.07) is 4.78. The molecular formula is C27H37N9O5S. The van der Waals surface area contributed by atoms with Gasteiger partial charge in [-0.2, -0.15) is 0 Å². The van der Waals surface area contributed by atoms with Gasteiger partial charge < -0.3 is 42.6 Å². The summed E-state index contributed by atoms with van der Waals surface area (Å²) >= 11 is 1.57. The molecule has 0 unspecified atom stereocenters. The first-order chi connectivity index (χ1) is 20.0. The van der Waals surface area contributed by atoms with Crippen molar-refractivity contribution in [1.29, 1.82) is 0 Å². The third-order valence-electron chi connectivity index (χ3n) is 7.38. The number of para-hydroxylation sites is 1. The van der Waals surface area contributed by atoms with Crippen molar-refractivity contribution in [2.45, 2.75) is 56.1 Å². The van der Waals surface area contributed by atoms with Crippen LogP contribution in [0.3, 0.4) is 0 Å². The van der Waals surface area contributed by atoms with E-state index in [0.717, 1.165) is 16.5 Å². The number of carbonyl (C=O) groups is 5. The molecule has 14 nitrogen and oxygen atoms in total. The SMILES string of the molecule is C[C@H]1C(=O)N(CC(=O)N[C@@H](CCCN=C(N)N)C(=O)N[C@@H](Cc2c[nH]c3ccccc23)C(N)=O)C[C@@H]2SCCC(=O)N21. The number of aliphatic imine (C=N–C) groups is 1. The van der Waals surface area contributed by atoms with Crippen molar-refractivity contribution in [3.63, 3.8) is 0 Å². The van der Waals surface area contributed by atoms with Crippen LogP contribution in [0.5, 0.6) is 0 Å². The zero-order valence-corrected chi connectivity index (χ0v) is 24.2. The third kappa shape index (κ3) is 7.32. The largest absolute Gasteiger partial charge is 0.370 e. The van der Waals surface area contributed by atoms with Crippen molar-refractivity contribution in [2.75, 3.05) is 25.4 Å². The highest BCUT2D eigenvalue weighted by Gasteiger charge is 2.43. The van der Waals surface area contributed by atoms with Crippen LogP contribution in [0.1, 0.15) is 31.7 Å². The average molecular weight is 600 g/mol. The number of nitrogens with zero attached hydrogens (tertiary/aromatic N) is 3. The van der Waals surface area contributed by atoms with Gasteiger partial charge in [0.15, 0.2) is 5.96 Å². The number of hydrogen-bond donors (Lipinski definition) is 6. The van der Waals surface area contributed by atoms with Gasteiger partial charge in [-0.25, -0.2) is 0 Å². The van der Waals surface area contributed by atoms with E-state index in [0.29, 0.717) is 18.6 Å². The second-order valence-electron chi connectivity index (χ2n) is 10.4. The van der Waals surface area contributed by atoms with E-state index in [2.05, 4.69) is 20.6 Å². The minimum Gasteiger partial charge on any atom is -0.370 e. The van der Waals surface area contributed by atoms with E-state index in [1.165, 1.54) is 4.90 Å². The molecule has 226 valence electrons. The Hall–Kier alpha value is -4.27. The molecular weight excluding hydrogens is 562 g/mol. The van der Waals surface area contributed by atoms with Gasteiger partial charge in [-0.05, 0) is 31.4 Å². The van der Waals surface area contributed by atoms with Crippen LogP contribution in [0.15, 0.2) is 35.5 Å². The summed E-state index contributed by atoms with van der Waals surface area (Å²) in [6.07, 6.45) is 2.81. The minimum atomic E-state index is -1.05. The van der Waals surface area contributed by atoms with Gasteiger partial charge in [0.2, 0.25) is 29.5 Å². The van der Waals surface area contributed by atoms with E-state index >= 15 is 0 Å². The molecule has 0 radical (unpaired) electrons. The Morgan fingerprint density at radius 3 is 2.64 bits per heavy atom. The zero-order chi connectivity index (χ0) is 30.4. The maximum absolute atomic E-state index is 13.4. The first kappa shape index (κ1) is 30.7. The number of carbonyl (C=O) groups excluding carboxylic acids is 5. The maximum atomic E-state index is 13.4. The Balaban J connectivity index is 1.43. The van der Waals surface area contributed by atoms with Gasteiger partial charge in [0.05, 0.1) is 18.5 Å². The number of benzene rings is 1. The van der Waals surface area contributed by atoms with Crippen LogP contribution in [0, 0.1) is 0 Å². The lowest BCUT2D eigenvalue weighted by atomic mass is 10.0. The Kier molecular flexibility index (Phi) is 9.93. The zero-order valence-electron chi connectivity index (χ0n) is 23.4. The van der Waals surface area contributed by atoms with Crippen molar-refractivity contribution < 1.29 is 24.0 Å². The summed E-state index contributed by atoms with van der Waals surface area (Å²) in [5, 5.41) is 6.05. The van der Waals surface area contributed by atoms with Crippen LogP contribution in [0.2, 0.25) is 0 Å². The summed E-state index contributed by atoms with van der Waals surface area (Å²) in [5.74, 6) is -1.73. The van der Waals surface area contributed by atoms with E-state index in [4.69, 9.17) is 17.2 Å². The molecule has 42 heavy (non-hydrogen) atoms. The fraction of sp³-hybridized carbons (Fsp3) is 0.481. The van der Waals surface area contributed by atoms with Crippen LogP contribution in [-0.4, -0.2) is 99.2 Å². The van der Waals surface area contributed by atoms with Gasteiger partial charge in [0.1, 0.15) is 18.1 Å². The summed E-state index contributed by atoms with van der Waals surface area (Å²) < 4.78 is 0. The number of aromatic nitrogens is 1. The fourth-order valence-electron chi connectivity index (χ4n) is 5.26. The van der Waals surface area contributed by atoms with Gasteiger partial charge in [0.25, 0.3) is 0 Å². The number of thioether (sulfide) groups is 1. The van der Waals surface area contributed by atoms with E-state index in [1.54, 1.807) is 29.8 Å². The van der Waals surface area contributed by atoms with Gasteiger partial charge in [0, 0.05) is 42.2 Å². The topological polar surface area (TPSA) is 222 Å². The quantitative estimate of drug-likeness (QED) is 0.0979. The molecule has 0 bridgehead atoms. The summed E-state index contributed by atoms with van der Waals surface area (Å²) in [7, 11) is 0. The number of guanidine groups is 1. The molecule has 2 aromatic rings. The average Bonchev–Trinajstić information content (AvgIpc) is 3.35. The van der Waals surface area contributed by atoms with Crippen LogP contribution < -0.4 is 27.8 Å². The smallest absolute Gasteiger partial charge is 0.245 e. The van der Waals surface area contributed by atoms with Crippen LogP contribution >= 0.6 is 11.8 Å². The number of nitrogens with one attached hydrogen (secondary N) is 3. The highest BCUT2D eigenvalue weighted by molar-refractivity contribution is 8.00. The van der Waals surface area contributed by atoms with Crippen LogP contribution in [0.25, 0.3) is 10.9 Å². The van der Waals surface area contributed by atoms with Crippen molar-refractivity contribution in [3.05, 3.63) is 36.0 Å². The normalized spacial score (nSPS) is 20.0. The van der Waals surface area contributed by atoms with Gasteiger partial charge in [-0.15, -0.1) is 11.8 Å². The van der Waals surface area contributed by atoms with Crippen LogP contribution in [0.4, 0.5) is 0 Å². The Morgan fingerprint density at radius 1 is 1.14 bits per heavy atom. The van der Waals surface area contributed by atoms with Crippen molar-refractivity contribution in [3.8, 4) is 0 Å². The van der Waals surface area contributed by atoms with Crippen LogP contribution in [-0.2, 0) is 30.4 Å². The highest BCUT2D eigenvalue weighted by Crippen LogP contribution is 2.30. The van der Waals surface area contributed by atoms with Crippen molar-refractivity contribution >= 4 is 58.2 Å². The monoisotopic (exact) mass is 599 g/mol. The number of primary amides is 1. The van der Waals surface area contributed by atoms with Gasteiger partial charge in [-0.3, -0.25) is 29.0 Å². The van der Waals surface area contributed by atoms with Crippen molar-refractivity contribution in [2.24, 2.45) is 22.2 Å². The number of amides is 5. The first-order valence-electron chi connectivity index (χ1n) is 13.8. The number of rotatable bonds is 12. The van der Waals surface area contributed by atoms with E-state index in [1.807, 2.05) is 24.3 Å². The summed E-state index contributed by atoms with van der Waals surface area (Å²) in [4.78, 5) is 74.3. The number of fused-ring (bicyclic) bond motifs is 2. The lowest BCUT2D eigenvalue weighted by Crippen LogP contribution is -2.64. The standard InChI is InChI=1S/C27H37N9O5S/c1-15-26(41)35(14-23-36(15)22(38)8-10-42-23)13-21(37)33-19(7-4-9-31-27(29)30)25(40)34-20(24(28)39)11-16-12-32-18-6-3-2-5-17(16)18/h2-3,5-6,12,15,19-20,23,32H,4,7-11,13-14H2,1H3,(H2,28,39)(H,33,37)(H,34,40)(H4,29,30,31)/t15-,19-,20-,23-/m0/s1. The molecule has 2 aliphatic heterocycles. The summed E-state index contributed by atoms with van der Waals surface area (Å²) in [5.41, 5.74) is 18.1. The molecule has 4 rings (SSSR count). The molecule has 1 aromatic heterocycles. The number of nitrogens with two attached hydrogens (primary N) is 3. The molecule has 2 fully saturated rings. The van der Waals surface area contributed by atoms with E-state index in [9.17, 15) is 24.0 Å². The fourth-order valence-corrected chi connectivity index (χ4v) is 6.57. The molecule has 3 heterocycles. The Bertz CT molecular complexity index is 1370. The van der Waals surface area contributed by atoms with E-state index < -0.39 is 35.8 Å². The number of aromatic amines is 1. The number of piperazine rings is 1. The molecule has 2 saturated heterocycles. The van der Waals surface area contributed by atoms with E-state index in [-0.39, 0.29) is 55.6 Å².